The number of rotatable bonds is 24. The van der Waals surface area contributed by atoms with Gasteiger partial charge in [-0.15, -0.1) is 5.01 Å². The number of methoxy groups -OCH3 is 2. The predicted molar refractivity (Wildman–Crippen MR) is 229 cm³/mol. The molecule has 0 bridgehead atoms. The number of quaternary nitrogens is 1. The topological polar surface area (TPSA) is 141 Å². The summed E-state index contributed by atoms with van der Waals surface area (Å²) in [6.45, 7) is 26.3. The van der Waals surface area contributed by atoms with Crippen LogP contribution in [0.2, 0.25) is 0 Å². The molecule has 10 atom stereocenters. The lowest BCUT2D eigenvalue weighted by Crippen LogP contribution is -2.64. The Balaban J connectivity index is 3.38. The molecule has 1 saturated heterocycles. The molecule has 1 heterocycles. The Kier molecular flexibility index (Phi) is 21.9. The zero-order valence-corrected chi connectivity index (χ0v) is 38.2. The van der Waals surface area contributed by atoms with Crippen molar-refractivity contribution in [2.75, 3.05) is 55.5 Å². The van der Waals surface area contributed by atoms with Gasteiger partial charge in [-0.2, -0.15) is 0 Å². The van der Waals surface area contributed by atoms with Crippen molar-refractivity contribution in [1.29, 1.82) is 0 Å². The van der Waals surface area contributed by atoms with Gasteiger partial charge in [0.2, 0.25) is 23.6 Å². The summed E-state index contributed by atoms with van der Waals surface area (Å²) in [6.07, 6.45) is 5.59. The highest BCUT2D eigenvalue weighted by atomic mass is 16.5. The van der Waals surface area contributed by atoms with E-state index >= 15 is 0 Å². The van der Waals surface area contributed by atoms with E-state index in [0.29, 0.717) is 23.1 Å². The summed E-state index contributed by atoms with van der Waals surface area (Å²) in [4.78, 5) is 59.9. The number of carbonyl (C=O) groups is 4. The third-order valence-corrected chi connectivity index (χ3v) is 12.4. The average Bonchev–Trinajstić information content (AvgIpc) is 3.17. The molecule has 1 fully saturated rings. The van der Waals surface area contributed by atoms with Crippen molar-refractivity contribution in [3.05, 3.63) is 37.0 Å². The number of nitrogens with zero attached hydrogens (tertiary/aromatic N) is 4. The molecule has 0 aromatic carbocycles. The SMILES string of the molecule is C=CC=C(C=C)C(O)C(C)NC(=O)C(C)C(OC)C1CCCCN1C(=O)CC(OC)C(C(C)CC)N(C)C(=O)C(NC(=O)C(C(C)C)N(C)[N+](C)(C)CC)C(C)C. The number of aliphatic hydroxyl groups excluding tert-OH is 1. The molecule has 4 amide bonds. The maximum Gasteiger partial charge on any atom is 0.245 e. The first-order valence-electron chi connectivity index (χ1n) is 21.0. The summed E-state index contributed by atoms with van der Waals surface area (Å²) in [5.74, 6) is -1.75. The second-order valence-corrected chi connectivity index (χ2v) is 17.2. The zero-order chi connectivity index (χ0) is 43.9. The Morgan fingerprint density at radius 1 is 0.930 bits per heavy atom. The molecule has 13 heteroatoms. The van der Waals surface area contributed by atoms with Crippen molar-refractivity contribution in [1.82, 2.24) is 25.4 Å². The molecule has 0 saturated carbocycles. The minimum absolute atomic E-state index is 0.00291. The van der Waals surface area contributed by atoms with Crippen LogP contribution in [0.5, 0.6) is 0 Å². The fourth-order valence-corrected chi connectivity index (χ4v) is 8.05. The molecule has 328 valence electrons. The van der Waals surface area contributed by atoms with E-state index in [4.69, 9.17) is 9.47 Å². The minimum atomic E-state index is -0.983. The molecule has 0 spiro atoms. The molecule has 3 N–H and O–H groups in total. The van der Waals surface area contributed by atoms with Crippen LogP contribution in [0.15, 0.2) is 37.0 Å². The van der Waals surface area contributed by atoms with Crippen molar-refractivity contribution in [3.8, 4) is 0 Å². The Morgan fingerprint density at radius 3 is 2.02 bits per heavy atom. The molecular weight excluding hydrogens is 725 g/mol. The maximum absolute atomic E-state index is 14.5. The second kappa shape index (κ2) is 24.1. The number of allylic oxidation sites excluding steroid dienone is 2. The van der Waals surface area contributed by atoms with Crippen molar-refractivity contribution >= 4 is 23.6 Å². The van der Waals surface area contributed by atoms with Crippen LogP contribution >= 0.6 is 0 Å². The molecule has 0 aliphatic carbocycles. The van der Waals surface area contributed by atoms with Crippen molar-refractivity contribution < 1.29 is 38.4 Å². The second-order valence-electron chi connectivity index (χ2n) is 17.2. The van der Waals surface area contributed by atoms with E-state index in [9.17, 15) is 24.3 Å². The monoisotopic (exact) mass is 806 g/mol. The number of piperidine rings is 1. The molecule has 0 aromatic heterocycles. The summed E-state index contributed by atoms with van der Waals surface area (Å²) in [7, 11) is 10.9. The smallest absolute Gasteiger partial charge is 0.245 e. The van der Waals surface area contributed by atoms with Gasteiger partial charge in [0.15, 0.2) is 0 Å². The summed E-state index contributed by atoms with van der Waals surface area (Å²) in [6, 6.07) is -2.70. The van der Waals surface area contributed by atoms with Crippen LogP contribution in [0.4, 0.5) is 0 Å². The van der Waals surface area contributed by atoms with E-state index in [1.807, 2.05) is 51.6 Å². The quantitative estimate of drug-likeness (QED) is 0.0733. The van der Waals surface area contributed by atoms with Gasteiger partial charge < -0.3 is 35.0 Å². The Labute approximate surface area is 345 Å². The third-order valence-electron chi connectivity index (χ3n) is 12.4. The van der Waals surface area contributed by atoms with E-state index in [1.165, 1.54) is 6.08 Å². The lowest BCUT2D eigenvalue weighted by molar-refractivity contribution is -1.00. The van der Waals surface area contributed by atoms with Crippen LogP contribution in [0.1, 0.15) is 94.4 Å². The fourth-order valence-electron chi connectivity index (χ4n) is 8.05. The van der Waals surface area contributed by atoms with E-state index in [-0.39, 0.29) is 53.8 Å². The molecule has 1 aliphatic heterocycles. The number of carbonyl (C=O) groups excluding carboxylic acids is 4. The van der Waals surface area contributed by atoms with Crippen LogP contribution in [0.3, 0.4) is 0 Å². The number of ether oxygens (including phenoxy) is 2. The molecular formula is C44H81N6O7+. The van der Waals surface area contributed by atoms with E-state index in [0.717, 1.165) is 25.8 Å². The first-order chi connectivity index (χ1) is 26.6. The van der Waals surface area contributed by atoms with Crippen LogP contribution in [-0.4, -0.2) is 152 Å². The van der Waals surface area contributed by atoms with Gasteiger partial charge >= 0.3 is 0 Å². The van der Waals surface area contributed by atoms with Gasteiger partial charge in [0.25, 0.3) is 0 Å². The van der Waals surface area contributed by atoms with Crippen LogP contribution in [0, 0.1) is 23.7 Å². The Morgan fingerprint density at radius 2 is 1.54 bits per heavy atom. The fraction of sp³-hybridized carbons (Fsp3) is 0.773. The van der Waals surface area contributed by atoms with E-state index < -0.39 is 48.4 Å². The van der Waals surface area contributed by atoms with Gasteiger partial charge in [0, 0.05) is 34.9 Å². The maximum atomic E-state index is 14.5. The lowest BCUT2D eigenvalue weighted by Gasteiger charge is -2.44. The minimum Gasteiger partial charge on any atom is -0.386 e. The van der Waals surface area contributed by atoms with Crippen molar-refractivity contribution in [3.63, 3.8) is 0 Å². The molecule has 10 unspecified atom stereocenters. The van der Waals surface area contributed by atoms with E-state index in [1.54, 1.807) is 52.2 Å². The number of hydrogen-bond donors (Lipinski definition) is 3. The third kappa shape index (κ3) is 13.7. The first kappa shape index (κ1) is 51.9. The number of likely N-dealkylation sites (tertiary alicyclic amines) is 1. The molecule has 0 aromatic rings. The summed E-state index contributed by atoms with van der Waals surface area (Å²) < 4.78 is 12.6. The number of nitrogens with one attached hydrogen (secondary N) is 2. The highest BCUT2D eigenvalue weighted by Crippen LogP contribution is 2.29. The summed E-state index contributed by atoms with van der Waals surface area (Å²) >= 11 is 0. The summed E-state index contributed by atoms with van der Waals surface area (Å²) in [5, 5.41) is 18.9. The molecule has 13 nitrogen and oxygen atoms in total. The van der Waals surface area contributed by atoms with Crippen LogP contribution < -0.4 is 10.6 Å². The van der Waals surface area contributed by atoms with Crippen molar-refractivity contribution in [2.24, 2.45) is 23.7 Å². The van der Waals surface area contributed by atoms with Gasteiger partial charge in [-0.05, 0) is 56.4 Å². The Bertz CT molecular complexity index is 1350. The number of hydrogen-bond acceptors (Lipinski definition) is 8. The van der Waals surface area contributed by atoms with Crippen LogP contribution in [-0.2, 0) is 28.7 Å². The molecule has 1 aliphatic rings. The number of amides is 4. The summed E-state index contributed by atoms with van der Waals surface area (Å²) in [5.41, 5.74) is 0.538. The molecule has 1 rings (SSSR count). The van der Waals surface area contributed by atoms with Gasteiger partial charge in [-0.25, -0.2) is 4.59 Å². The predicted octanol–water partition coefficient (Wildman–Crippen LogP) is 4.57. The van der Waals surface area contributed by atoms with Gasteiger partial charge in [0.05, 0.1) is 69.4 Å². The normalized spacial score (nSPS) is 20.2. The number of likely N-dealkylation sites (N-methyl/N-ethyl adjacent to an activating group) is 2. The standard InChI is InChI=1S/C44H80N6O7/c1-18-24-33(20-3)40(52)32(11)45-42(53)31(10)41(57-17)34-25-22-23-26-49(34)36(51)27-35(56-16)39(30(9)19-2)47(12)44(55)37(28(5)6)46-43(54)38(29(7)8)48(13)50(14,15)21-4/h18,20,24,28-32,34-35,37-41,52H,1,3,19,21-23,25-27H2,2,4-17H3,(H-,45,46,53,54)/p+1. The highest BCUT2D eigenvalue weighted by Gasteiger charge is 2.43. The zero-order valence-electron chi connectivity index (χ0n) is 38.2. The molecule has 57 heavy (non-hydrogen) atoms. The number of aliphatic hydroxyl groups is 1. The Hall–Kier alpha value is -3.10. The van der Waals surface area contributed by atoms with E-state index in [2.05, 4.69) is 51.7 Å². The van der Waals surface area contributed by atoms with Crippen LogP contribution in [0.25, 0.3) is 0 Å². The molecule has 0 radical (unpaired) electrons. The van der Waals surface area contributed by atoms with Crippen molar-refractivity contribution in [2.45, 2.75) is 143 Å². The average molecular weight is 806 g/mol. The lowest BCUT2D eigenvalue weighted by atomic mass is 9.87. The highest BCUT2D eigenvalue weighted by molar-refractivity contribution is 5.90. The van der Waals surface area contributed by atoms with Gasteiger partial charge in [0.1, 0.15) is 12.1 Å². The largest absolute Gasteiger partial charge is 0.386 e. The van der Waals surface area contributed by atoms with Gasteiger partial charge in [-0.3, -0.25) is 19.2 Å². The first-order valence-corrected chi connectivity index (χ1v) is 21.0. The van der Waals surface area contributed by atoms with Gasteiger partial charge in [-0.1, -0.05) is 86.3 Å².